The predicted octanol–water partition coefficient (Wildman–Crippen LogP) is 7.94. The molecular formula is C33H28F4N2O. The van der Waals surface area contributed by atoms with E-state index in [1.807, 2.05) is 12.3 Å². The molecule has 0 amide bonds. The van der Waals surface area contributed by atoms with E-state index in [9.17, 15) is 17.6 Å². The van der Waals surface area contributed by atoms with Crippen LogP contribution in [0.15, 0.2) is 97.2 Å². The van der Waals surface area contributed by atoms with Crippen LogP contribution < -0.4 is 10.1 Å². The van der Waals surface area contributed by atoms with Crippen molar-refractivity contribution in [2.75, 3.05) is 13.2 Å². The SMILES string of the molecule is FC(F)C(F)(F)COc1cccc(CNCCc2c[nH]c3cc(C4c5ccccc5-c5ccccc54)ccc23)c1. The highest BCUT2D eigenvalue weighted by atomic mass is 19.3. The van der Waals surface area contributed by atoms with Crippen LogP contribution in [0.4, 0.5) is 17.6 Å². The molecule has 1 aliphatic rings. The molecule has 204 valence electrons. The Bertz CT molecular complexity index is 1600. The lowest BCUT2D eigenvalue weighted by Crippen LogP contribution is -2.33. The maximum atomic E-state index is 13.2. The van der Waals surface area contributed by atoms with Gasteiger partial charge in [0.2, 0.25) is 0 Å². The summed E-state index contributed by atoms with van der Waals surface area (Å²) in [5.41, 5.74) is 9.62. The minimum Gasteiger partial charge on any atom is -0.487 e. The smallest absolute Gasteiger partial charge is 0.340 e. The Kier molecular flexibility index (Phi) is 7.07. The lowest BCUT2D eigenvalue weighted by molar-refractivity contribution is -0.148. The molecule has 0 spiro atoms. The Morgan fingerprint density at radius 3 is 2.30 bits per heavy atom. The molecule has 1 aliphatic carbocycles. The molecule has 0 saturated carbocycles. The second-order valence-corrected chi connectivity index (χ2v) is 10.2. The zero-order valence-corrected chi connectivity index (χ0v) is 21.6. The number of ether oxygens (including phenoxy) is 1. The third-order valence-corrected chi connectivity index (χ3v) is 7.51. The summed E-state index contributed by atoms with van der Waals surface area (Å²) in [6, 6.07) is 30.4. The minimum atomic E-state index is -4.18. The highest BCUT2D eigenvalue weighted by molar-refractivity contribution is 5.86. The maximum Gasteiger partial charge on any atom is 0.340 e. The first-order valence-electron chi connectivity index (χ1n) is 13.3. The van der Waals surface area contributed by atoms with Gasteiger partial charge in [-0.25, -0.2) is 8.78 Å². The van der Waals surface area contributed by atoms with Gasteiger partial charge in [-0.3, -0.25) is 0 Å². The topological polar surface area (TPSA) is 37.0 Å². The van der Waals surface area contributed by atoms with Crippen LogP contribution in [0, 0.1) is 0 Å². The van der Waals surface area contributed by atoms with E-state index in [1.54, 1.807) is 12.1 Å². The molecule has 0 saturated heterocycles. The molecule has 0 unspecified atom stereocenters. The van der Waals surface area contributed by atoms with E-state index in [1.165, 1.54) is 44.8 Å². The number of fused-ring (bicyclic) bond motifs is 4. The average Bonchev–Trinajstić information content (AvgIpc) is 3.53. The summed E-state index contributed by atoms with van der Waals surface area (Å²) in [5.74, 6) is -3.84. The number of alkyl halides is 4. The highest BCUT2D eigenvalue weighted by Crippen LogP contribution is 2.48. The van der Waals surface area contributed by atoms with Crippen molar-refractivity contribution >= 4 is 10.9 Å². The number of nitrogens with one attached hydrogen (secondary N) is 2. The van der Waals surface area contributed by atoms with Gasteiger partial charge >= 0.3 is 12.3 Å². The average molecular weight is 545 g/mol. The first-order chi connectivity index (χ1) is 19.4. The van der Waals surface area contributed by atoms with Crippen molar-refractivity contribution < 1.29 is 22.3 Å². The molecule has 5 aromatic rings. The summed E-state index contributed by atoms with van der Waals surface area (Å²) in [6.07, 6.45) is -0.917. The molecule has 1 aromatic heterocycles. The molecule has 3 nitrogen and oxygen atoms in total. The molecule has 7 heteroatoms. The van der Waals surface area contributed by atoms with Crippen molar-refractivity contribution in [2.24, 2.45) is 0 Å². The Morgan fingerprint density at radius 1 is 0.850 bits per heavy atom. The number of rotatable bonds is 10. The van der Waals surface area contributed by atoms with Gasteiger partial charge in [0.25, 0.3) is 0 Å². The number of H-pyrrole nitrogens is 1. The molecule has 0 radical (unpaired) electrons. The van der Waals surface area contributed by atoms with Crippen LogP contribution in [0.3, 0.4) is 0 Å². The standard InChI is InChI=1S/C33H28F4N2O/c34-32(35)33(36,37)20-40-24-7-5-6-21(16-24)18-38-15-14-23-19-39-30-17-22(12-13-25(23)30)31-28-10-3-1-8-26(28)27-9-2-4-11-29(27)31/h1-13,16-17,19,31-32,38-39H,14-15,18,20H2. The molecule has 2 N–H and O–H groups in total. The van der Waals surface area contributed by atoms with E-state index in [2.05, 4.69) is 77.0 Å². The maximum absolute atomic E-state index is 13.2. The van der Waals surface area contributed by atoms with E-state index in [0.29, 0.717) is 13.1 Å². The van der Waals surface area contributed by atoms with Gasteiger partial charge < -0.3 is 15.0 Å². The second-order valence-electron chi connectivity index (χ2n) is 10.2. The normalized spacial score (nSPS) is 13.1. The van der Waals surface area contributed by atoms with Gasteiger partial charge in [-0.1, -0.05) is 72.8 Å². The van der Waals surface area contributed by atoms with Crippen molar-refractivity contribution in [1.29, 1.82) is 0 Å². The van der Waals surface area contributed by atoms with Crippen LogP contribution in [-0.4, -0.2) is 30.5 Å². The zero-order chi connectivity index (χ0) is 27.7. The molecule has 0 aliphatic heterocycles. The number of aromatic amines is 1. The fourth-order valence-electron chi connectivity index (χ4n) is 5.55. The van der Waals surface area contributed by atoms with Crippen LogP contribution >= 0.6 is 0 Å². The van der Waals surface area contributed by atoms with Crippen molar-refractivity contribution in [3.8, 4) is 16.9 Å². The Morgan fingerprint density at radius 2 is 1.57 bits per heavy atom. The Hall–Kier alpha value is -4.10. The molecular weight excluding hydrogens is 516 g/mol. The van der Waals surface area contributed by atoms with Crippen LogP contribution in [0.25, 0.3) is 22.0 Å². The second kappa shape index (κ2) is 10.8. The molecule has 6 rings (SSSR count). The van der Waals surface area contributed by atoms with Gasteiger partial charge in [0.15, 0.2) is 6.61 Å². The third-order valence-electron chi connectivity index (χ3n) is 7.51. The largest absolute Gasteiger partial charge is 0.487 e. The quantitative estimate of drug-likeness (QED) is 0.136. The third kappa shape index (κ3) is 5.09. The fourth-order valence-corrected chi connectivity index (χ4v) is 5.55. The summed E-state index contributed by atoms with van der Waals surface area (Å²) in [4.78, 5) is 3.44. The van der Waals surface area contributed by atoms with Gasteiger partial charge in [-0.05, 0) is 70.1 Å². The van der Waals surface area contributed by atoms with E-state index < -0.39 is 19.0 Å². The van der Waals surface area contributed by atoms with Crippen molar-refractivity contribution in [3.05, 3.63) is 125 Å². The number of hydrogen-bond donors (Lipinski definition) is 2. The molecule has 40 heavy (non-hydrogen) atoms. The zero-order valence-electron chi connectivity index (χ0n) is 21.6. The van der Waals surface area contributed by atoms with E-state index in [-0.39, 0.29) is 11.7 Å². The van der Waals surface area contributed by atoms with Crippen molar-refractivity contribution in [3.63, 3.8) is 0 Å². The van der Waals surface area contributed by atoms with Gasteiger partial charge in [0, 0.05) is 29.6 Å². The molecule has 1 heterocycles. The molecule has 0 fully saturated rings. The van der Waals surface area contributed by atoms with E-state index in [4.69, 9.17) is 4.74 Å². The first kappa shape index (κ1) is 26.1. The molecule has 4 aromatic carbocycles. The lowest BCUT2D eigenvalue weighted by Gasteiger charge is -2.16. The van der Waals surface area contributed by atoms with E-state index in [0.717, 1.165) is 17.5 Å². The number of halogens is 4. The van der Waals surface area contributed by atoms with Crippen LogP contribution in [0.2, 0.25) is 0 Å². The number of benzene rings is 4. The number of aromatic nitrogens is 1. The van der Waals surface area contributed by atoms with Crippen LogP contribution in [0.1, 0.15) is 33.7 Å². The monoisotopic (exact) mass is 544 g/mol. The fraction of sp³-hybridized carbons (Fsp3) is 0.212. The lowest BCUT2D eigenvalue weighted by atomic mass is 9.89. The summed E-state index contributed by atoms with van der Waals surface area (Å²) in [6.45, 7) is -0.161. The predicted molar refractivity (Wildman–Crippen MR) is 149 cm³/mol. The Balaban J connectivity index is 1.10. The van der Waals surface area contributed by atoms with Gasteiger partial charge in [-0.15, -0.1) is 0 Å². The molecule has 0 atom stereocenters. The summed E-state index contributed by atoms with van der Waals surface area (Å²) in [5, 5.41) is 4.54. The summed E-state index contributed by atoms with van der Waals surface area (Å²) >= 11 is 0. The van der Waals surface area contributed by atoms with Crippen molar-refractivity contribution in [2.45, 2.75) is 31.2 Å². The van der Waals surface area contributed by atoms with Crippen LogP contribution in [-0.2, 0) is 13.0 Å². The minimum absolute atomic E-state index is 0.138. The summed E-state index contributed by atoms with van der Waals surface area (Å²) in [7, 11) is 0. The van der Waals surface area contributed by atoms with Gasteiger partial charge in [0.1, 0.15) is 5.75 Å². The Labute approximate surface area is 229 Å². The van der Waals surface area contributed by atoms with Gasteiger partial charge in [-0.2, -0.15) is 8.78 Å². The first-order valence-corrected chi connectivity index (χ1v) is 13.3. The molecule has 0 bridgehead atoms. The van der Waals surface area contributed by atoms with Gasteiger partial charge in [0.05, 0.1) is 0 Å². The summed E-state index contributed by atoms with van der Waals surface area (Å²) < 4.78 is 56.0. The van der Waals surface area contributed by atoms with Crippen LogP contribution in [0.5, 0.6) is 5.75 Å². The van der Waals surface area contributed by atoms with E-state index >= 15 is 0 Å². The number of hydrogen-bond acceptors (Lipinski definition) is 2. The van der Waals surface area contributed by atoms with Crippen molar-refractivity contribution in [1.82, 2.24) is 10.3 Å². The highest BCUT2D eigenvalue weighted by Gasteiger charge is 2.41.